The molecule has 11 heteroatoms. The highest BCUT2D eigenvalue weighted by molar-refractivity contribution is 6.24. The highest BCUT2D eigenvalue weighted by atomic mass is 16.5. The first-order valence-electron chi connectivity index (χ1n) is 12.1. The summed E-state index contributed by atoms with van der Waals surface area (Å²) in [5, 5.41) is 5.74. The minimum Gasteiger partial charge on any atom is -0.493 e. The van der Waals surface area contributed by atoms with E-state index in [0.29, 0.717) is 18.9 Å². The Morgan fingerprint density at radius 2 is 1.83 bits per heavy atom. The number of fused-ring (bicyclic) bond motifs is 1. The predicted molar refractivity (Wildman–Crippen MR) is 128 cm³/mol. The Morgan fingerprint density at radius 3 is 2.57 bits per heavy atom. The standard InChI is InChI=1S/C24H32N6O5/c1-29(15-13-26-28-25)14-6-4-2-3-5-7-16-35-19-10-8-9-17-21(19)24(34)30(23(17)33)18-11-12-20(31)27-22(18)32/h8-10,18H,2-7,11-16H2,1H3,(H,27,31,32). The second-order valence-corrected chi connectivity index (χ2v) is 8.85. The number of unbranched alkanes of at least 4 members (excludes halogenated alkanes) is 5. The fourth-order valence-corrected chi connectivity index (χ4v) is 4.35. The average molecular weight is 485 g/mol. The van der Waals surface area contributed by atoms with Gasteiger partial charge in [0.25, 0.3) is 11.8 Å². The summed E-state index contributed by atoms with van der Waals surface area (Å²) in [4.78, 5) is 55.4. The third-order valence-electron chi connectivity index (χ3n) is 6.27. The number of hydrogen-bond acceptors (Lipinski definition) is 7. The number of benzene rings is 1. The molecule has 2 aliphatic rings. The summed E-state index contributed by atoms with van der Waals surface area (Å²) in [6, 6.07) is 3.90. The summed E-state index contributed by atoms with van der Waals surface area (Å²) in [6.45, 7) is 2.67. The highest BCUT2D eigenvalue weighted by Crippen LogP contribution is 2.33. The third-order valence-corrected chi connectivity index (χ3v) is 6.27. The lowest BCUT2D eigenvalue weighted by molar-refractivity contribution is -0.136. The number of hydrogen-bond donors (Lipinski definition) is 1. The van der Waals surface area contributed by atoms with E-state index in [2.05, 4.69) is 20.2 Å². The molecule has 1 aromatic carbocycles. The number of carbonyl (C=O) groups excluding carboxylic acids is 4. The van der Waals surface area contributed by atoms with Crippen LogP contribution in [-0.2, 0) is 9.59 Å². The molecule has 0 aromatic heterocycles. The molecule has 0 bridgehead atoms. The number of imide groups is 2. The van der Waals surface area contributed by atoms with E-state index >= 15 is 0 Å². The molecule has 1 atom stereocenters. The van der Waals surface area contributed by atoms with Crippen molar-refractivity contribution in [1.29, 1.82) is 0 Å². The van der Waals surface area contributed by atoms with E-state index in [0.717, 1.165) is 56.5 Å². The molecule has 2 heterocycles. The Kier molecular flexibility index (Phi) is 9.63. The average Bonchev–Trinajstić information content (AvgIpc) is 3.09. The largest absolute Gasteiger partial charge is 0.493 e. The number of piperidine rings is 1. The van der Waals surface area contributed by atoms with E-state index < -0.39 is 29.7 Å². The number of nitrogens with zero attached hydrogens (tertiary/aromatic N) is 5. The van der Waals surface area contributed by atoms with Crippen LogP contribution in [0.1, 0.15) is 72.1 Å². The van der Waals surface area contributed by atoms with E-state index in [1.165, 1.54) is 0 Å². The maximum atomic E-state index is 13.0. The van der Waals surface area contributed by atoms with Crippen LogP contribution in [0, 0.1) is 0 Å². The van der Waals surface area contributed by atoms with Crippen molar-refractivity contribution in [3.63, 3.8) is 0 Å². The molecule has 35 heavy (non-hydrogen) atoms. The SMILES string of the molecule is CN(CCCCCCCCOc1cccc2c1C(=O)N(C1CCC(=O)NC1=O)C2=O)CCN=[N+]=[N-]. The van der Waals surface area contributed by atoms with Gasteiger partial charge in [-0.15, -0.1) is 0 Å². The van der Waals surface area contributed by atoms with Gasteiger partial charge in [0.05, 0.1) is 17.7 Å². The van der Waals surface area contributed by atoms with Gasteiger partial charge in [-0.05, 0) is 50.5 Å². The number of rotatable bonds is 14. The van der Waals surface area contributed by atoms with Crippen LogP contribution in [0.25, 0.3) is 10.4 Å². The van der Waals surface area contributed by atoms with E-state index in [1.54, 1.807) is 18.2 Å². The number of azide groups is 1. The van der Waals surface area contributed by atoms with Crippen LogP contribution >= 0.6 is 0 Å². The minimum absolute atomic E-state index is 0.0846. The van der Waals surface area contributed by atoms with Gasteiger partial charge in [-0.3, -0.25) is 29.4 Å². The Bertz CT molecular complexity index is 1010. The van der Waals surface area contributed by atoms with Crippen molar-refractivity contribution in [2.24, 2.45) is 5.11 Å². The van der Waals surface area contributed by atoms with E-state index in [-0.39, 0.29) is 24.0 Å². The second kappa shape index (κ2) is 12.9. The van der Waals surface area contributed by atoms with E-state index in [9.17, 15) is 19.2 Å². The Balaban J connectivity index is 1.40. The van der Waals surface area contributed by atoms with Crippen molar-refractivity contribution >= 4 is 23.6 Å². The Hall–Kier alpha value is -3.43. The number of likely N-dealkylation sites (N-methyl/N-ethyl adjacent to an activating group) is 1. The molecule has 188 valence electrons. The fraction of sp³-hybridized carbons (Fsp3) is 0.583. The van der Waals surface area contributed by atoms with Crippen LogP contribution in [0.2, 0.25) is 0 Å². The van der Waals surface area contributed by atoms with Gasteiger partial charge in [0.2, 0.25) is 11.8 Å². The molecule has 0 spiro atoms. The molecule has 2 aliphatic heterocycles. The molecule has 4 amide bonds. The molecule has 1 N–H and O–H groups in total. The number of amides is 4. The molecular formula is C24H32N6O5. The zero-order valence-corrected chi connectivity index (χ0v) is 20.1. The van der Waals surface area contributed by atoms with Gasteiger partial charge in [0.15, 0.2) is 0 Å². The number of nitrogens with one attached hydrogen (secondary N) is 1. The van der Waals surface area contributed by atoms with E-state index in [4.69, 9.17) is 10.3 Å². The number of ether oxygens (including phenoxy) is 1. The summed E-state index contributed by atoms with van der Waals surface area (Å²) in [6.07, 6.45) is 6.47. The maximum absolute atomic E-state index is 13.0. The molecule has 3 rings (SSSR count). The first-order valence-corrected chi connectivity index (χ1v) is 12.1. The predicted octanol–water partition coefficient (Wildman–Crippen LogP) is 3.05. The highest BCUT2D eigenvalue weighted by Gasteiger charge is 2.45. The Morgan fingerprint density at radius 1 is 1.09 bits per heavy atom. The van der Waals surface area contributed by atoms with Gasteiger partial charge in [0, 0.05) is 24.4 Å². The lowest BCUT2D eigenvalue weighted by atomic mass is 10.0. The smallest absolute Gasteiger partial charge is 0.266 e. The first kappa shape index (κ1) is 26.2. The second-order valence-electron chi connectivity index (χ2n) is 8.85. The van der Waals surface area contributed by atoms with Crippen LogP contribution in [0.3, 0.4) is 0 Å². The van der Waals surface area contributed by atoms with Crippen molar-refractivity contribution in [2.75, 3.05) is 33.3 Å². The lowest BCUT2D eigenvalue weighted by Crippen LogP contribution is -2.54. The van der Waals surface area contributed by atoms with Gasteiger partial charge in [-0.25, -0.2) is 0 Å². The monoisotopic (exact) mass is 484 g/mol. The molecule has 11 nitrogen and oxygen atoms in total. The van der Waals surface area contributed by atoms with Crippen molar-refractivity contribution in [2.45, 2.75) is 57.4 Å². The zero-order chi connectivity index (χ0) is 25.2. The quantitative estimate of drug-likeness (QED) is 0.141. The molecular weight excluding hydrogens is 452 g/mol. The van der Waals surface area contributed by atoms with Crippen molar-refractivity contribution < 1.29 is 23.9 Å². The molecule has 1 aromatic rings. The first-order chi connectivity index (χ1) is 16.9. The maximum Gasteiger partial charge on any atom is 0.266 e. The summed E-state index contributed by atoms with van der Waals surface area (Å²) in [7, 11) is 2.02. The summed E-state index contributed by atoms with van der Waals surface area (Å²) in [5.41, 5.74) is 8.71. The molecule has 1 fully saturated rings. The van der Waals surface area contributed by atoms with Crippen LogP contribution in [0.15, 0.2) is 23.3 Å². The molecule has 1 unspecified atom stereocenters. The summed E-state index contributed by atoms with van der Waals surface area (Å²) in [5.74, 6) is -1.77. The molecule has 0 saturated carbocycles. The molecule has 1 saturated heterocycles. The van der Waals surface area contributed by atoms with Gasteiger partial charge >= 0.3 is 0 Å². The van der Waals surface area contributed by atoms with Crippen LogP contribution in [0.4, 0.5) is 0 Å². The lowest BCUT2D eigenvalue weighted by Gasteiger charge is -2.27. The number of carbonyl (C=O) groups is 4. The third kappa shape index (κ3) is 6.80. The topological polar surface area (TPSA) is 145 Å². The summed E-state index contributed by atoms with van der Waals surface area (Å²) < 4.78 is 5.86. The fourth-order valence-electron chi connectivity index (χ4n) is 4.35. The zero-order valence-electron chi connectivity index (χ0n) is 20.1. The van der Waals surface area contributed by atoms with E-state index in [1.807, 2.05) is 7.05 Å². The van der Waals surface area contributed by atoms with Crippen LogP contribution in [-0.4, -0.2) is 72.8 Å². The Labute approximate surface area is 204 Å². The normalized spacial score (nSPS) is 17.4. The molecule has 0 radical (unpaired) electrons. The summed E-state index contributed by atoms with van der Waals surface area (Å²) >= 11 is 0. The van der Waals surface area contributed by atoms with Gasteiger partial charge in [0.1, 0.15) is 11.8 Å². The van der Waals surface area contributed by atoms with Gasteiger partial charge in [-0.2, -0.15) is 0 Å². The van der Waals surface area contributed by atoms with Crippen molar-refractivity contribution in [3.05, 3.63) is 39.8 Å². The minimum atomic E-state index is -0.987. The van der Waals surface area contributed by atoms with Gasteiger partial charge < -0.3 is 9.64 Å². The molecule has 0 aliphatic carbocycles. The van der Waals surface area contributed by atoms with Crippen molar-refractivity contribution in [3.8, 4) is 5.75 Å². The van der Waals surface area contributed by atoms with Crippen molar-refractivity contribution in [1.82, 2.24) is 15.1 Å². The van der Waals surface area contributed by atoms with Crippen LogP contribution in [0.5, 0.6) is 5.75 Å². The van der Waals surface area contributed by atoms with Gasteiger partial charge in [-0.1, -0.05) is 36.9 Å². The van der Waals surface area contributed by atoms with Crippen LogP contribution < -0.4 is 10.1 Å².